The zero-order chi connectivity index (χ0) is 17.5. The molecule has 0 heterocycles. The fourth-order valence-electron chi connectivity index (χ4n) is 2.08. The van der Waals surface area contributed by atoms with Gasteiger partial charge in [-0.2, -0.15) is 0 Å². The average molecular weight is 323 g/mol. The molecule has 24 heavy (non-hydrogen) atoms. The van der Waals surface area contributed by atoms with Crippen LogP contribution in [0.5, 0.6) is 0 Å². The van der Waals surface area contributed by atoms with Crippen LogP contribution in [-0.4, -0.2) is 5.96 Å². The van der Waals surface area contributed by atoms with E-state index in [1.165, 1.54) is 32.1 Å². The third-order valence-electron chi connectivity index (χ3n) is 3.35. The first-order chi connectivity index (χ1) is 11.8. The first-order valence-electron chi connectivity index (χ1n) is 8.59. The van der Waals surface area contributed by atoms with Crippen LogP contribution in [0.2, 0.25) is 0 Å². The molecule has 2 aromatic carbocycles. The molecule has 0 aliphatic heterocycles. The molecule has 3 heteroatoms. The predicted octanol–water partition coefficient (Wildman–Crippen LogP) is 6.29. The lowest BCUT2D eigenvalue weighted by Crippen LogP contribution is -2.20. The van der Waals surface area contributed by atoms with Crippen LogP contribution in [0.1, 0.15) is 39.0 Å². The largest absolute Gasteiger partial charge is 0.326 e. The topological polar surface area (TPSA) is 47.9 Å². The van der Waals surface area contributed by atoms with Crippen LogP contribution in [0.3, 0.4) is 0 Å². The fourth-order valence-corrected chi connectivity index (χ4v) is 2.08. The highest BCUT2D eigenvalue weighted by atomic mass is 15.1. The second-order valence-electron chi connectivity index (χ2n) is 5.50. The number of anilines is 2. The van der Waals surface area contributed by atoms with Crippen molar-refractivity contribution in [1.29, 1.82) is 5.41 Å². The van der Waals surface area contributed by atoms with E-state index in [0.29, 0.717) is 0 Å². The number of guanidine groups is 1. The molecule has 0 saturated heterocycles. The van der Waals surface area contributed by atoms with Crippen LogP contribution in [0, 0.1) is 5.41 Å². The zero-order valence-corrected chi connectivity index (χ0v) is 14.6. The minimum atomic E-state index is 0.261. The van der Waals surface area contributed by atoms with Gasteiger partial charge < -0.3 is 10.6 Å². The molecule has 0 aliphatic carbocycles. The molecule has 2 rings (SSSR count). The maximum Gasteiger partial charge on any atom is 0.197 e. The predicted molar refractivity (Wildman–Crippen MR) is 107 cm³/mol. The Bertz CT molecular complexity index is 521. The number of nitrogens with one attached hydrogen (secondary N) is 3. The van der Waals surface area contributed by atoms with E-state index in [0.717, 1.165) is 11.4 Å². The molecule has 0 bridgehead atoms. The van der Waals surface area contributed by atoms with E-state index in [1.54, 1.807) is 0 Å². The zero-order valence-electron chi connectivity index (χ0n) is 14.6. The summed E-state index contributed by atoms with van der Waals surface area (Å²) in [4.78, 5) is 0. The Morgan fingerprint density at radius 2 is 1.38 bits per heavy atom. The van der Waals surface area contributed by atoms with Crippen molar-refractivity contribution >= 4 is 17.3 Å². The number of hydrogen-bond acceptors (Lipinski definition) is 1. The molecule has 0 aromatic heterocycles. The van der Waals surface area contributed by atoms with E-state index in [1.807, 2.05) is 66.7 Å². The van der Waals surface area contributed by atoms with Crippen molar-refractivity contribution in [2.24, 2.45) is 0 Å². The van der Waals surface area contributed by atoms with Crippen LogP contribution in [0.25, 0.3) is 0 Å². The number of para-hydroxylation sites is 2. The van der Waals surface area contributed by atoms with Gasteiger partial charge in [0.25, 0.3) is 0 Å². The van der Waals surface area contributed by atoms with Crippen molar-refractivity contribution in [3.63, 3.8) is 0 Å². The summed E-state index contributed by atoms with van der Waals surface area (Å²) in [6.45, 7) is 5.89. The van der Waals surface area contributed by atoms with E-state index >= 15 is 0 Å². The molecule has 0 unspecified atom stereocenters. The van der Waals surface area contributed by atoms with Crippen LogP contribution < -0.4 is 10.6 Å². The molecule has 0 fully saturated rings. The number of unbranched alkanes of at least 4 members (excludes halogenated alkanes) is 4. The summed E-state index contributed by atoms with van der Waals surface area (Å²) in [6.07, 6.45) is 8.61. The SMILES string of the molecule is C=CCCCCCC.N=C(Nc1ccccc1)Nc1ccccc1. The van der Waals surface area contributed by atoms with Crippen LogP contribution in [0.4, 0.5) is 11.4 Å². The van der Waals surface area contributed by atoms with Crippen LogP contribution in [0.15, 0.2) is 73.3 Å². The minimum Gasteiger partial charge on any atom is -0.326 e. The molecule has 0 atom stereocenters. The normalized spacial score (nSPS) is 9.38. The summed E-state index contributed by atoms with van der Waals surface area (Å²) >= 11 is 0. The van der Waals surface area contributed by atoms with Crippen molar-refractivity contribution in [1.82, 2.24) is 0 Å². The first-order valence-corrected chi connectivity index (χ1v) is 8.59. The number of benzene rings is 2. The molecule has 2 aromatic rings. The highest BCUT2D eigenvalue weighted by Crippen LogP contribution is 2.08. The molecular weight excluding hydrogens is 294 g/mol. The van der Waals surface area contributed by atoms with Gasteiger partial charge in [0.1, 0.15) is 0 Å². The summed E-state index contributed by atoms with van der Waals surface area (Å²) in [7, 11) is 0. The molecule has 3 nitrogen and oxygen atoms in total. The van der Waals surface area contributed by atoms with E-state index in [-0.39, 0.29) is 5.96 Å². The molecule has 0 aliphatic rings. The Morgan fingerprint density at radius 3 is 1.79 bits per heavy atom. The van der Waals surface area contributed by atoms with E-state index < -0.39 is 0 Å². The van der Waals surface area contributed by atoms with Crippen molar-refractivity contribution in [2.45, 2.75) is 39.0 Å². The summed E-state index contributed by atoms with van der Waals surface area (Å²) in [6, 6.07) is 19.3. The quantitative estimate of drug-likeness (QED) is 0.243. The average Bonchev–Trinajstić information content (AvgIpc) is 2.61. The van der Waals surface area contributed by atoms with Gasteiger partial charge in [0, 0.05) is 11.4 Å². The lowest BCUT2D eigenvalue weighted by Gasteiger charge is -2.09. The molecule has 0 saturated carbocycles. The van der Waals surface area contributed by atoms with Crippen molar-refractivity contribution < 1.29 is 0 Å². The van der Waals surface area contributed by atoms with Gasteiger partial charge in [-0.1, -0.05) is 68.7 Å². The van der Waals surface area contributed by atoms with E-state index in [9.17, 15) is 0 Å². The van der Waals surface area contributed by atoms with Gasteiger partial charge in [-0.25, -0.2) is 0 Å². The van der Waals surface area contributed by atoms with Crippen LogP contribution in [-0.2, 0) is 0 Å². The third kappa shape index (κ3) is 9.46. The second kappa shape index (κ2) is 12.9. The Morgan fingerprint density at radius 1 is 0.875 bits per heavy atom. The first kappa shape index (κ1) is 19.5. The summed E-state index contributed by atoms with van der Waals surface area (Å²) < 4.78 is 0. The summed E-state index contributed by atoms with van der Waals surface area (Å²) in [5.41, 5.74) is 1.80. The van der Waals surface area contributed by atoms with Crippen LogP contribution >= 0.6 is 0 Å². The fraction of sp³-hybridized carbons (Fsp3) is 0.286. The molecule has 0 spiro atoms. The van der Waals surface area contributed by atoms with Gasteiger partial charge in [0.15, 0.2) is 5.96 Å². The van der Waals surface area contributed by atoms with E-state index in [4.69, 9.17) is 5.41 Å². The van der Waals surface area contributed by atoms with Gasteiger partial charge in [0.05, 0.1) is 0 Å². The second-order valence-corrected chi connectivity index (χ2v) is 5.50. The number of rotatable bonds is 7. The third-order valence-corrected chi connectivity index (χ3v) is 3.35. The lowest BCUT2D eigenvalue weighted by molar-refractivity contribution is 0.675. The standard InChI is InChI=1S/C13H13N3.C8H16/c14-13(15-11-7-3-1-4-8-11)16-12-9-5-2-6-10-12;1-3-5-7-8-6-4-2/h1-10H,(H3,14,15,16);3H,1,4-8H2,2H3. The van der Waals surface area contributed by atoms with Gasteiger partial charge in [-0.15, -0.1) is 6.58 Å². The van der Waals surface area contributed by atoms with Gasteiger partial charge in [-0.05, 0) is 37.1 Å². The summed E-state index contributed by atoms with van der Waals surface area (Å²) in [5.74, 6) is 0.261. The highest BCUT2D eigenvalue weighted by molar-refractivity contribution is 6.01. The maximum absolute atomic E-state index is 7.74. The number of allylic oxidation sites excluding steroid dienone is 1. The van der Waals surface area contributed by atoms with Gasteiger partial charge in [0.2, 0.25) is 0 Å². The Balaban J connectivity index is 0.000000307. The van der Waals surface area contributed by atoms with Crippen molar-refractivity contribution in [2.75, 3.05) is 10.6 Å². The maximum atomic E-state index is 7.74. The molecular formula is C21H29N3. The van der Waals surface area contributed by atoms with Crippen molar-refractivity contribution in [3.05, 3.63) is 73.3 Å². The van der Waals surface area contributed by atoms with Gasteiger partial charge >= 0.3 is 0 Å². The van der Waals surface area contributed by atoms with Gasteiger partial charge in [-0.3, -0.25) is 5.41 Å². The minimum absolute atomic E-state index is 0.261. The van der Waals surface area contributed by atoms with E-state index in [2.05, 4.69) is 24.1 Å². The highest BCUT2D eigenvalue weighted by Gasteiger charge is 1.96. The Kier molecular flexibility index (Phi) is 10.5. The summed E-state index contributed by atoms with van der Waals surface area (Å²) in [5, 5.41) is 13.7. The molecule has 3 N–H and O–H groups in total. The molecule has 128 valence electrons. The lowest BCUT2D eigenvalue weighted by atomic mass is 10.2. The molecule has 0 amide bonds. The Hall–Kier alpha value is -2.55. The van der Waals surface area contributed by atoms with Crippen molar-refractivity contribution in [3.8, 4) is 0 Å². The smallest absolute Gasteiger partial charge is 0.197 e. The monoisotopic (exact) mass is 323 g/mol. The molecule has 0 radical (unpaired) electrons. The Labute approximate surface area is 146 Å². The number of hydrogen-bond donors (Lipinski definition) is 3.